The molecule has 0 radical (unpaired) electrons. The Morgan fingerprint density at radius 2 is 1.81 bits per heavy atom. The Labute approximate surface area is 96.7 Å². The average Bonchev–Trinajstić information content (AvgIpc) is 2.16. The van der Waals surface area contributed by atoms with Gasteiger partial charge in [0.25, 0.3) is 0 Å². The van der Waals surface area contributed by atoms with Gasteiger partial charge in [-0.2, -0.15) is 0 Å². The highest BCUT2D eigenvalue weighted by atomic mass is 16.4. The zero-order valence-corrected chi connectivity index (χ0v) is 10.3. The largest absolute Gasteiger partial charge is 0.481 e. The zero-order chi connectivity index (χ0) is 12.3. The van der Waals surface area contributed by atoms with Gasteiger partial charge in [0, 0.05) is 18.3 Å². The van der Waals surface area contributed by atoms with E-state index in [1.807, 2.05) is 57.0 Å². The van der Waals surface area contributed by atoms with Crippen LogP contribution >= 0.6 is 0 Å². The van der Waals surface area contributed by atoms with Gasteiger partial charge in [-0.05, 0) is 32.9 Å². The van der Waals surface area contributed by atoms with E-state index in [1.165, 1.54) is 5.56 Å². The number of hydrogen-bond donors (Lipinski definition) is 1. The summed E-state index contributed by atoms with van der Waals surface area (Å²) in [6, 6.07) is 8.09. The molecule has 1 aromatic carbocycles. The van der Waals surface area contributed by atoms with Crippen molar-refractivity contribution >= 4 is 11.7 Å². The van der Waals surface area contributed by atoms with Crippen LogP contribution in [0.2, 0.25) is 0 Å². The number of benzene rings is 1. The van der Waals surface area contributed by atoms with Gasteiger partial charge < -0.3 is 10.0 Å². The second-order valence-electron chi connectivity index (χ2n) is 4.78. The van der Waals surface area contributed by atoms with Crippen molar-refractivity contribution in [3.8, 4) is 0 Å². The van der Waals surface area contributed by atoms with Gasteiger partial charge >= 0.3 is 5.97 Å². The van der Waals surface area contributed by atoms with E-state index < -0.39 is 5.97 Å². The molecule has 0 aliphatic heterocycles. The minimum atomic E-state index is -0.774. The molecule has 0 spiro atoms. The lowest BCUT2D eigenvalue weighted by atomic mass is 9.98. The van der Waals surface area contributed by atoms with E-state index in [1.54, 1.807) is 0 Å². The summed E-state index contributed by atoms with van der Waals surface area (Å²) in [5.74, 6) is -0.774. The van der Waals surface area contributed by atoms with E-state index in [0.717, 1.165) is 5.69 Å². The van der Waals surface area contributed by atoms with Gasteiger partial charge in [-0.3, -0.25) is 4.79 Å². The van der Waals surface area contributed by atoms with Gasteiger partial charge in [0.05, 0.1) is 6.42 Å². The van der Waals surface area contributed by atoms with Crippen LogP contribution in [0.15, 0.2) is 24.3 Å². The van der Waals surface area contributed by atoms with E-state index in [9.17, 15) is 4.79 Å². The number of hydrogen-bond acceptors (Lipinski definition) is 2. The molecule has 1 N–H and O–H groups in total. The van der Waals surface area contributed by atoms with Crippen LogP contribution in [0.4, 0.5) is 5.69 Å². The number of carboxylic acids is 1. The Hall–Kier alpha value is -1.51. The first kappa shape index (κ1) is 12.6. The Morgan fingerprint density at radius 3 is 2.25 bits per heavy atom. The Bertz CT molecular complexity index is 368. The molecule has 3 nitrogen and oxygen atoms in total. The second-order valence-corrected chi connectivity index (χ2v) is 4.78. The first-order valence-electron chi connectivity index (χ1n) is 5.35. The Balaban J connectivity index is 2.88. The SMILES string of the molecule is Cc1ccc(N(C)C(C)(C)CC(=O)O)cc1. The third-order valence-electron chi connectivity index (χ3n) is 2.91. The van der Waals surface area contributed by atoms with Gasteiger partial charge in [0.1, 0.15) is 0 Å². The molecule has 0 saturated carbocycles. The van der Waals surface area contributed by atoms with Crippen molar-refractivity contribution in [2.24, 2.45) is 0 Å². The fourth-order valence-corrected chi connectivity index (χ4v) is 1.61. The van der Waals surface area contributed by atoms with Gasteiger partial charge in [-0.15, -0.1) is 0 Å². The maximum Gasteiger partial charge on any atom is 0.305 e. The molecule has 1 aromatic rings. The number of carbonyl (C=O) groups is 1. The molecule has 0 aromatic heterocycles. The fourth-order valence-electron chi connectivity index (χ4n) is 1.61. The number of carboxylic acid groups (broad SMARTS) is 1. The third-order valence-corrected chi connectivity index (χ3v) is 2.91. The van der Waals surface area contributed by atoms with Crippen LogP contribution in [-0.2, 0) is 4.79 Å². The minimum Gasteiger partial charge on any atom is -0.481 e. The quantitative estimate of drug-likeness (QED) is 0.849. The van der Waals surface area contributed by atoms with Crippen LogP contribution in [0.25, 0.3) is 0 Å². The van der Waals surface area contributed by atoms with Crippen LogP contribution < -0.4 is 4.90 Å². The molecule has 0 bridgehead atoms. The molecular weight excluding hydrogens is 202 g/mol. The van der Waals surface area contributed by atoms with Gasteiger partial charge in [0.2, 0.25) is 0 Å². The van der Waals surface area contributed by atoms with E-state index in [4.69, 9.17) is 5.11 Å². The van der Waals surface area contributed by atoms with E-state index in [2.05, 4.69) is 0 Å². The molecule has 0 unspecified atom stereocenters. The number of anilines is 1. The summed E-state index contributed by atoms with van der Waals surface area (Å²) in [5, 5.41) is 8.86. The molecule has 0 aliphatic rings. The second kappa shape index (κ2) is 4.56. The number of aliphatic carboxylic acids is 1. The van der Waals surface area contributed by atoms with Crippen molar-refractivity contribution in [3.63, 3.8) is 0 Å². The Kier molecular flexibility index (Phi) is 3.58. The van der Waals surface area contributed by atoms with Crippen molar-refractivity contribution in [1.29, 1.82) is 0 Å². The maximum absolute atomic E-state index is 10.8. The smallest absolute Gasteiger partial charge is 0.305 e. The van der Waals surface area contributed by atoms with E-state index in [-0.39, 0.29) is 12.0 Å². The topological polar surface area (TPSA) is 40.5 Å². The van der Waals surface area contributed by atoms with Crippen LogP contribution in [0.3, 0.4) is 0 Å². The highest BCUT2D eigenvalue weighted by Crippen LogP contribution is 2.25. The predicted octanol–water partition coefficient (Wildman–Crippen LogP) is 2.68. The Morgan fingerprint density at radius 1 is 1.31 bits per heavy atom. The summed E-state index contributed by atoms with van der Waals surface area (Å²) < 4.78 is 0. The van der Waals surface area contributed by atoms with Gasteiger partial charge in [0.15, 0.2) is 0 Å². The molecular formula is C13H19NO2. The van der Waals surface area contributed by atoms with Crippen molar-refractivity contribution in [3.05, 3.63) is 29.8 Å². The van der Waals surface area contributed by atoms with Crippen LogP contribution in [-0.4, -0.2) is 23.7 Å². The minimum absolute atomic E-state index is 0.122. The maximum atomic E-state index is 10.8. The fraction of sp³-hybridized carbons (Fsp3) is 0.462. The average molecular weight is 221 g/mol. The highest BCUT2D eigenvalue weighted by molar-refractivity contribution is 5.69. The summed E-state index contributed by atoms with van der Waals surface area (Å²) in [4.78, 5) is 12.8. The number of aryl methyl sites for hydroxylation is 1. The summed E-state index contributed by atoms with van der Waals surface area (Å²) in [7, 11) is 1.92. The standard InChI is InChI=1S/C13H19NO2/c1-10-5-7-11(8-6-10)14(4)13(2,3)9-12(15)16/h5-8H,9H2,1-4H3,(H,15,16). The highest BCUT2D eigenvalue weighted by Gasteiger charge is 2.26. The van der Waals surface area contributed by atoms with Crippen LogP contribution in [0.1, 0.15) is 25.8 Å². The molecule has 88 valence electrons. The number of rotatable bonds is 4. The molecule has 3 heteroatoms. The summed E-state index contributed by atoms with van der Waals surface area (Å²) >= 11 is 0. The van der Waals surface area contributed by atoms with E-state index in [0.29, 0.717) is 0 Å². The molecule has 0 aliphatic carbocycles. The van der Waals surface area contributed by atoms with Gasteiger partial charge in [-0.25, -0.2) is 0 Å². The molecule has 0 saturated heterocycles. The molecule has 0 fully saturated rings. The van der Waals surface area contributed by atoms with Crippen molar-refractivity contribution in [2.45, 2.75) is 32.7 Å². The molecule has 0 heterocycles. The molecule has 0 atom stereocenters. The van der Waals surface area contributed by atoms with E-state index >= 15 is 0 Å². The van der Waals surface area contributed by atoms with Crippen molar-refractivity contribution < 1.29 is 9.90 Å². The monoisotopic (exact) mass is 221 g/mol. The lowest BCUT2D eigenvalue weighted by Crippen LogP contribution is -2.43. The zero-order valence-electron chi connectivity index (χ0n) is 10.3. The van der Waals surface area contributed by atoms with Crippen LogP contribution in [0, 0.1) is 6.92 Å². The summed E-state index contributed by atoms with van der Waals surface area (Å²) in [6.45, 7) is 5.90. The van der Waals surface area contributed by atoms with Crippen molar-refractivity contribution in [2.75, 3.05) is 11.9 Å². The predicted molar refractivity (Wildman–Crippen MR) is 65.9 cm³/mol. The van der Waals surface area contributed by atoms with Gasteiger partial charge in [-0.1, -0.05) is 17.7 Å². The van der Waals surface area contributed by atoms with Crippen LogP contribution in [0.5, 0.6) is 0 Å². The van der Waals surface area contributed by atoms with Crippen molar-refractivity contribution in [1.82, 2.24) is 0 Å². The summed E-state index contributed by atoms with van der Waals surface area (Å²) in [6.07, 6.45) is 0.122. The normalized spacial score (nSPS) is 11.2. The molecule has 1 rings (SSSR count). The first-order valence-corrected chi connectivity index (χ1v) is 5.35. The molecule has 0 amide bonds. The summed E-state index contributed by atoms with van der Waals surface area (Å²) in [5.41, 5.74) is 1.85. The lowest BCUT2D eigenvalue weighted by molar-refractivity contribution is -0.138. The molecule has 16 heavy (non-hydrogen) atoms. The number of nitrogens with zero attached hydrogens (tertiary/aromatic N) is 1. The lowest BCUT2D eigenvalue weighted by Gasteiger charge is -2.36. The third kappa shape index (κ3) is 2.99. The first-order chi connectivity index (χ1) is 7.33.